The van der Waals surface area contributed by atoms with Crippen LogP contribution in [0.4, 0.5) is 0 Å². The fourth-order valence-corrected chi connectivity index (χ4v) is 20.1. The molecule has 11 heteroatoms. The SMILES string of the molecule is c1ccc(-c2nc(-c3ccc4ccc5c6ccccc6ccc5c4c3)nc(-c3c4ccccc4cc4ccccc34)n2)cc1.c1ccc(-c2nc(-c3ccc4ccc5c6ccccc6ccc5c4c3)nc(-c3ccc4ccc5nc(-c6ccccc6)oc5c4c3)n2)cc1.c1ccc(-c2nc(-c3cccc(C4CCCCC4)c3)nc(-c3ccc4ccc5c6ccccc6ccc5c4c3)n2)cc1. The number of nitrogens with zero attached hydrogens (tertiary/aromatic N) is 10. The average molecular weight is 1730 g/mol. The lowest BCUT2D eigenvalue weighted by molar-refractivity contribution is 0.443. The summed E-state index contributed by atoms with van der Waals surface area (Å²) in [4.78, 5) is 50.5. The lowest BCUT2D eigenvalue weighted by atomic mass is 9.83. The van der Waals surface area contributed by atoms with Crippen LogP contribution in [0.5, 0.6) is 0 Å². The summed E-state index contributed by atoms with van der Waals surface area (Å²) < 4.78 is 6.38. The van der Waals surface area contributed by atoms with Gasteiger partial charge < -0.3 is 4.42 Å². The number of hydrogen-bond acceptors (Lipinski definition) is 11. The highest BCUT2D eigenvalue weighted by Crippen LogP contribution is 2.44. The van der Waals surface area contributed by atoms with Crippen LogP contribution in [0.2, 0.25) is 0 Å². The highest BCUT2D eigenvalue weighted by molar-refractivity contribution is 6.21. The Hall–Kier alpha value is -17.5. The number of rotatable bonds is 11. The highest BCUT2D eigenvalue weighted by Gasteiger charge is 2.24. The van der Waals surface area contributed by atoms with Gasteiger partial charge in [0.1, 0.15) is 5.52 Å². The third-order valence-corrected chi connectivity index (χ3v) is 26.9. The van der Waals surface area contributed by atoms with Gasteiger partial charge >= 0.3 is 0 Å². The average Bonchev–Trinajstić information content (AvgIpc) is 1.50. The third-order valence-electron chi connectivity index (χ3n) is 26.9. The molecule has 0 radical (unpaired) electrons. The number of oxazole rings is 1. The van der Waals surface area contributed by atoms with Gasteiger partial charge in [-0.2, -0.15) is 0 Å². The zero-order chi connectivity index (χ0) is 89.2. The summed E-state index contributed by atoms with van der Waals surface area (Å²) in [5, 5.41) is 28.6. The molecule has 0 atom stereocenters. The lowest BCUT2D eigenvalue weighted by Crippen LogP contribution is -2.05. The standard InChI is InChI=1S/C44H26N4O.C41H25N3.C39H31N3/c1-3-10-30(11-4-1)41-46-42(32-17-15-28-20-22-35-34-14-8-7-9-27(34)19-23-36(35)37(28)25-32)48-43(47-41)33-18-16-29-21-24-39-40(38(29)26-33)49-44(45-39)31-12-5-2-6-13-31;1-2-11-28(12-3-1)39-42-40(44-41(43-39)38-33-16-8-5-13-29(33)24-30-14-6-9-17-34(30)38)31-19-18-27-21-22-35-32-15-7-4-10-26(32)20-23-36(35)37(27)25-31;1-3-10-26(11-4-1)30-15-9-16-31(24-30)38-40-37(29-13-5-2-6-14-29)41-39(42-38)32-19-18-28-21-22-34-33-17-8-7-12-27(33)20-23-35(34)36(28)25-32/h1-26H;1-25H;2,5-9,12-26H,1,3-4,10-11H2. The molecule has 27 rings (SSSR count). The summed E-state index contributed by atoms with van der Waals surface area (Å²) in [5.41, 5.74) is 12.6. The predicted octanol–water partition coefficient (Wildman–Crippen LogP) is 32.3. The molecule has 135 heavy (non-hydrogen) atoms. The maximum Gasteiger partial charge on any atom is 0.227 e. The lowest BCUT2D eigenvalue weighted by Gasteiger charge is -2.22. The molecular formula is C124H82N10O. The number of fused-ring (bicyclic) bond motifs is 20. The molecule has 1 aliphatic rings. The molecule has 0 saturated heterocycles. The van der Waals surface area contributed by atoms with Crippen LogP contribution in [0.3, 0.4) is 0 Å². The van der Waals surface area contributed by atoms with Crippen LogP contribution < -0.4 is 0 Å². The molecule has 11 nitrogen and oxygen atoms in total. The molecule has 0 bridgehead atoms. The van der Waals surface area contributed by atoms with Gasteiger partial charge in [-0.15, -0.1) is 0 Å². The van der Waals surface area contributed by atoms with Gasteiger partial charge in [0.25, 0.3) is 0 Å². The Morgan fingerprint density at radius 3 is 0.844 bits per heavy atom. The van der Waals surface area contributed by atoms with Gasteiger partial charge in [-0.25, -0.2) is 49.8 Å². The largest absolute Gasteiger partial charge is 0.435 e. The van der Waals surface area contributed by atoms with Gasteiger partial charge in [-0.3, -0.25) is 0 Å². The third kappa shape index (κ3) is 15.0. The topological polar surface area (TPSA) is 142 Å². The Bertz CT molecular complexity index is 9130. The summed E-state index contributed by atoms with van der Waals surface area (Å²) in [6, 6.07) is 151. The van der Waals surface area contributed by atoms with E-state index >= 15 is 0 Å². The quantitative estimate of drug-likeness (QED) is 0.0902. The molecular weight excluding hydrogens is 1650 g/mol. The summed E-state index contributed by atoms with van der Waals surface area (Å²) in [6.45, 7) is 0. The Kier molecular flexibility index (Phi) is 20.1. The summed E-state index contributed by atoms with van der Waals surface area (Å²) in [6.07, 6.45) is 6.51. The maximum absolute atomic E-state index is 6.38. The van der Waals surface area contributed by atoms with Gasteiger partial charge in [0.05, 0.1) is 0 Å². The molecule has 4 aromatic heterocycles. The van der Waals surface area contributed by atoms with E-state index in [9.17, 15) is 0 Å². The van der Waals surface area contributed by atoms with E-state index in [2.05, 4.69) is 328 Å². The fourth-order valence-electron chi connectivity index (χ4n) is 20.1. The van der Waals surface area contributed by atoms with E-state index in [4.69, 9.17) is 54.3 Å². The molecule has 0 unspecified atom stereocenters. The van der Waals surface area contributed by atoms with Crippen molar-refractivity contribution in [3.05, 3.63) is 436 Å². The van der Waals surface area contributed by atoms with Gasteiger partial charge in [0.15, 0.2) is 58.0 Å². The molecule has 4 heterocycles. The summed E-state index contributed by atoms with van der Waals surface area (Å²) in [5.74, 6) is 7.15. The second-order valence-corrected chi connectivity index (χ2v) is 35.1. The molecule has 0 amide bonds. The molecule has 634 valence electrons. The first-order valence-corrected chi connectivity index (χ1v) is 46.2. The van der Waals surface area contributed by atoms with E-state index in [1.54, 1.807) is 0 Å². The molecule has 22 aromatic carbocycles. The van der Waals surface area contributed by atoms with Crippen LogP contribution in [-0.4, -0.2) is 49.8 Å². The van der Waals surface area contributed by atoms with Crippen LogP contribution in [-0.2, 0) is 0 Å². The van der Waals surface area contributed by atoms with E-state index in [0.717, 1.165) is 110 Å². The van der Waals surface area contributed by atoms with Crippen molar-refractivity contribution in [2.75, 3.05) is 0 Å². The first kappa shape index (κ1) is 79.6. The van der Waals surface area contributed by atoms with Gasteiger partial charge in [-0.1, -0.05) is 395 Å². The zero-order valence-electron chi connectivity index (χ0n) is 73.5. The van der Waals surface area contributed by atoms with Crippen LogP contribution in [0, 0.1) is 0 Å². The molecule has 1 saturated carbocycles. The van der Waals surface area contributed by atoms with E-state index in [-0.39, 0.29) is 0 Å². The molecule has 26 aromatic rings. The van der Waals surface area contributed by atoms with Crippen molar-refractivity contribution < 1.29 is 4.42 Å². The smallest absolute Gasteiger partial charge is 0.227 e. The normalized spacial score (nSPS) is 12.4. The van der Waals surface area contributed by atoms with Gasteiger partial charge in [-0.05, 0) is 203 Å². The van der Waals surface area contributed by atoms with E-state index in [1.165, 1.54) is 129 Å². The Labute approximate surface area is 777 Å². The van der Waals surface area contributed by atoms with Crippen molar-refractivity contribution >= 4 is 140 Å². The minimum Gasteiger partial charge on any atom is -0.435 e. The molecule has 1 aliphatic carbocycles. The number of aromatic nitrogens is 10. The van der Waals surface area contributed by atoms with Gasteiger partial charge in [0.2, 0.25) is 5.89 Å². The molecule has 0 aliphatic heterocycles. The first-order chi connectivity index (χ1) is 66.8. The van der Waals surface area contributed by atoms with Crippen molar-refractivity contribution in [1.82, 2.24) is 49.8 Å². The van der Waals surface area contributed by atoms with Gasteiger partial charge in [0, 0.05) is 61.0 Å². The number of hydrogen-bond donors (Lipinski definition) is 0. The van der Waals surface area contributed by atoms with Crippen LogP contribution >= 0.6 is 0 Å². The van der Waals surface area contributed by atoms with E-state index in [1.807, 2.05) is 103 Å². The second-order valence-electron chi connectivity index (χ2n) is 35.1. The summed E-state index contributed by atoms with van der Waals surface area (Å²) in [7, 11) is 0. The van der Waals surface area contributed by atoms with Crippen LogP contribution in [0.1, 0.15) is 43.6 Å². The van der Waals surface area contributed by atoms with E-state index < -0.39 is 0 Å². The Morgan fingerprint density at radius 1 is 0.170 bits per heavy atom. The number of benzene rings is 22. The predicted molar refractivity (Wildman–Crippen MR) is 557 cm³/mol. The zero-order valence-corrected chi connectivity index (χ0v) is 73.5. The monoisotopic (exact) mass is 1730 g/mol. The molecule has 0 spiro atoms. The summed E-state index contributed by atoms with van der Waals surface area (Å²) >= 11 is 0. The van der Waals surface area contributed by atoms with Crippen molar-refractivity contribution in [1.29, 1.82) is 0 Å². The van der Waals surface area contributed by atoms with Crippen molar-refractivity contribution in [3.8, 4) is 114 Å². The van der Waals surface area contributed by atoms with Crippen LogP contribution in [0.15, 0.2) is 435 Å². The fraction of sp³-hybridized carbons (Fsp3) is 0.0484. The molecule has 0 N–H and O–H groups in total. The minimum absolute atomic E-state index is 0.592. The van der Waals surface area contributed by atoms with Crippen molar-refractivity contribution in [3.63, 3.8) is 0 Å². The highest BCUT2D eigenvalue weighted by atomic mass is 16.3. The second kappa shape index (κ2) is 34.1. The van der Waals surface area contributed by atoms with Crippen molar-refractivity contribution in [2.24, 2.45) is 0 Å². The van der Waals surface area contributed by atoms with Crippen LogP contribution in [0.25, 0.3) is 254 Å². The Morgan fingerprint density at radius 2 is 0.452 bits per heavy atom. The Balaban J connectivity index is 0.000000108. The minimum atomic E-state index is 0.592. The first-order valence-electron chi connectivity index (χ1n) is 46.2. The van der Waals surface area contributed by atoms with E-state index in [0.29, 0.717) is 58.4 Å². The maximum atomic E-state index is 6.38. The van der Waals surface area contributed by atoms with Crippen molar-refractivity contribution in [2.45, 2.75) is 38.0 Å². The molecule has 1 fully saturated rings.